The van der Waals surface area contributed by atoms with Crippen LogP contribution in [-0.2, 0) is 14.3 Å². The van der Waals surface area contributed by atoms with E-state index in [4.69, 9.17) is 19.7 Å². The molecule has 0 spiro atoms. The number of hydrogen-bond donors (Lipinski definition) is 2. The highest BCUT2D eigenvalue weighted by atomic mass is 16.5. The molecule has 5 nitrogen and oxygen atoms in total. The van der Waals surface area contributed by atoms with Crippen LogP contribution in [0.3, 0.4) is 0 Å². The molecule has 5 heteroatoms. The quantitative estimate of drug-likeness (QED) is 0.446. The van der Waals surface area contributed by atoms with Crippen molar-refractivity contribution in [1.29, 1.82) is 0 Å². The van der Waals surface area contributed by atoms with E-state index in [-0.39, 0.29) is 25.6 Å². The fourth-order valence-electron chi connectivity index (χ4n) is 0.516. The molecule has 0 aliphatic rings. The number of hydrogen-bond acceptors (Lipinski definition) is 5. The highest BCUT2D eigenvalue weighted by Gasteiger charge is 1.97. The summed E-state index contributed by atoms with van der Waals surface area (Å²) in [5, 5.41) is 16.6. The van der Waals surface area contributed by atoms with Gasteiger partial charge in [-0.25, -0.2) is 0 Å². The lowest BCUT2D eigenvalue weighted by Gasteiger charge is -2.02. The first-order valence-corrected chi connectivity index (χ1v) is 3.70. The molecule has 0 aromatic heterocycles. The summed E-state index contributed by atoms with van der Waals surface area (Å²) in [6, 6.07) is 0. The smallest absolute Gasteiger partial charge is 0.183 e. The zero-order valence-corrected chi connectivity index (χ0v) is 6.86. The van der Waals surface area contributed by atoms with Crippen molar-refractivity contribution in [2.24, 2.45) is 0 Å². The molecule has 0 bridgehead atoms. The summed E-state index contributed by atoms with van der Waals surface area (Å²) in [6.45, 7) is 0.328. The van der Waals surface area contributed by atoms with Gasteiger partial charge >= 0.3 is 0 Å². The first-order chi connectivity index (χ1) is 5.81. The fourth-order valence-corrected chi connectivity index (χ4v) is 0.516. The monoisotopic (exact) mass is 178 g/mol. The number of ketones is 1. The van der Waals surface area contributed by atoms with E-state index in [2.05, 4.69) is 0 Å². The molecule has 0 radical (unpaired) electrons. The first-order valence-electron chi connectivity index (χ1n) is 3.70. The third kappa shape index (κ3) is 7.62. The molecule has 0 fully saturated rings. The number of ether oxygens (including phenoxy) is 2. The maximum atomic E-state index is 10.4. The van der Waals surface area contributed by atoms with Crippen LogP contribution in [0.1, 0.15) is 0 Å². The lowest BCUT2D eigenvalue weighted by atomic mass is 10.4. The summed E-state index contributed by atoms with van der Waals surface area (Å²) >= 11 is 0. The van der Waals surface area contributed by atoms with Crippen LogP contribution >= 0.6 is 0 Å². The van der Waals surface area contributed by atoms with Crippen LogP contribution in [0.2, 0.25) is 0 Å². The predicted molar refractivity (Wildman–Crippen MR) is 40.8 cm³/mol. The second kappa shape index (κ2) is 8.61. The highest BCUT2D eigenvalue weighted by molar-refractivity contribution is 5.80. The predicted octanol–water partition coefficient (Wildman–Crippen LogP) is -1.43. The van der Waals surface area contributed by atoms with Gasteiger partial charge in [-0.05, 0) is 0 Å². The minimum absolute atomic E-state index is 0.0183. The van der Waals surface area contributed by atoms with Gasteiger partial charge in [-0.2, -0.15) is 0 Å². The van der Waals surface area contributed by atoms with E-state index in [9.17, 15) is 4.79 Å². The normalized spacial score (nSPS) is 10.2. The molecule has 0 rings (SSSR count). The maximum absolute atomic E-state index is 10.4. The van der Waals surface area contributed by atoms with Gasteiger partial charge in [-0.15, -0.1) is 0 Å². The molecular weight excluding hydrogens is 164 g/mol. The van der Waals surface area contributed by atoms with Gasteiger partial charge < -0.3 is 19.7 Å². The summed E-state index contributed by atoms with van der Waals surface area (Å²) in [6.07, 6.45) is 0. The number of rotatable bonds is 8. The largest absolute Gasteiger partial charge is 0.394 e. The molecule has 72 valence electrons. The Morgan fingerprint density at radius 1 is 1.08 bits per heavy atom. The Balaban J connectivity index is 2.95. The molecule has 2 N–H and O–H groups in total. The molecule has 12 heavy (non-hydrogen) atoms. The van der Waals surface area contributed by atoms with Gasteiger partial charge in [-0.1, -0.05) is 0 Å². The van der Waals surface area contributed by atoms with E-state index >= 15 is 0 Å². The maximum Gasteiger partial charge on any atom is 0.183 e. The second-order valence-corrected chi connectivity index (χ2v) is 2.09. The molecule has 0 aromatic carbocycles. The lowest BCUT2D eigenvalue weighted by Crippen LogP contribution is -2.15. The number of carbonyl (C=O) groups is 1. The number of Topliss-reactive ketones (excluding diaryl/α,β-unsaturated/α-hetero) is 1. The van der Waals surface area contributed by atoms with Crippen molar-refractivity contribution in [3.05, 3.63) is 0 Å². The van der Waals surface area contributed by atoms with Crippen LogP contribution in [0.5, 0.6) is 0 Å². The van der Waals surface area contributed by atoms with Crippen LogP contribution in [0.25, 0.3) is 0 Å². The first kappa shape index (κ1) is 11.5. The van der Waals surface area contributed by atoms with Crippen LogP contribution in [0.4, 0.5) is 0 Å². The summed E-state index contributed by atoms with van der Waals surface area (Å²) < 4.78 is 9.67. The van der Waals surface area contributed by atoms with Gasteiger partial charge in [0.1, 0.15) is 13.2 Å². The fraction of sp³-hybridized carbons (Fsp3) is 0.857. The third-order valence-corrected chi connectivity index (χ3v) is 1.05. The topological polar surface area (TPSA) is 76.0 Å². The average molecular weight is 178 g/mol. The van der Waals surface area contributed by atoms with Crippen molar-refractivity contribution in [2.75, 3.05) is 39.6 Å². The van der Waals surface area contributed by atoms with Crippen molar-refractivity contribution in [3.63, 3.8) is 0 Å². The summed E-state index contributed by atoms with van der Waals surface area (Å²) in [4.78, 5) is 10.4. The van der Waals surface area contributed by atoms with Gasteiger partial charge in [0.15, 0.2) is 5.78 Å². The van der Waals surface area contributed by atoms with E-state index in [1.807, 2.05) is 0 Å². The lowest BCUT2D eigenvalue weighted by molar-refractivity contribution is -0.126. The average Bonchev–Trinajstić information content (AvgIpc) is 2.10. The Morgan fingerprint density at radius 3 is 2.33 bits per heavy atom. The second-order valence-electron chi connectivity index (χ2n) is 2.09. The van der Waals surface area contributed by atoms with Gasteiger partial charge in [0, 0.05) is 0 Å². The summed E-state index contributed by atoms with van der Waals surface area (Å²) in [5.74, 6) is -0.350. The Kier molecular flexibility index (Phi) is 8.25. The Labute approximate surface area is 70.9 Å². The van der Waals surface area contributed by atoms with Gasteiger partial charge in [0.25, 0.3) is 0 Å². The Hall–Kier alpha value is -0.490. The Bertz CT molecular complexity index is 114. The van der Waals surface area contributed by atoms with Crippen molar-refractivity contribution >= 4 is 5.78 Å². The minimum atomic E-state index is -0.489. The SMILES string of the molecule is O=C(CO)COCCOCCO. The molecule has 0 aromatic rings. The molecule has 0 atom stereocenters. The molecule has 0 heterocycles. The van der Waals surface area contributed by atoms with E-state index in [0.717, 1.165) is 0 Å². The van der Waals surface area contributed by atoms with E-state index < -0.39 is 6.61 Å². The van der Waals surface area contributed by atoms with Crippen LogP contribution in [0, 0.1) is 0 Å². The van der Waals surface area contributed by atoms with Gasteiger partial charge in [0.2, 0.25) is 0 Å². The highest BCUT2D eigenvalue weighted by Crippen LogP contribution is 1.79. The molecule has 0 aliphatic heterocycles. The zero-order valence-electron chi connectivity index (χ0n) is 6.86. The molecule has 0 aliphatic carbocycles. The van der Waals surface area contributed by atoms with Crippen LogP contribution in [0.15, 0.2) is 0 Å². The molecule has 0 saturated heterocycles. The standard InChI is InChI=1S/C7H14O5/c8-1-2-11-3-4-12-6-7(10)5-9/h8-9H,1-6H2. The van der Waals surface area contributed by atoms with Crippen molar-refractivity contribution < 1.29 is 24.5 Å². The van der Waals surface area contributed by atoms with Crippen molar-refractivity contribution in [1.82, 2.24) is 0 Å². The van der Waals surface area contributed by atoms with Crippen molar-refractivity contribution in [2.45, 2.75) is 0 Å². The van der Waals surface area contributed by atoms with Crippen molar-refractivity contribution in [3.8, 4) is 0 Å². The molecule has 0 amide bonds. The van der Waals surface area contributed by atoms with E-state index in [0.29, 0.717) is 13.2 Å². The molecule has 0 unspecified atom stereocenters. The zero-order chi connectivity index (χ0) is 9.23. The number of carbonyl (C=O) groups excluding carboxylic acids is 1. The van der Waals surface area contributed by atoms with E-state index in [1.165, 1.54) is 0 Å². The summed E-state index contributed by atoms with van der Waals surface area (Å²) in [7, 11) is 0. The van der Waals surface area contributed by atoms with Gasteiger partial charge in [-0.3, -0.25) is 4.79 Å². The molecular formula is C7H14O5. The summed E-state index contributed by atoms with van der Waals surface area (Å²) in [5.41, 5.74) is 0. The number of aliphatic hydroxyl groups is 2. The molecule has 0 saturated carbocycles. The Morgan fingerprint density at radius 2 is 1.75 bits per heavy atom. The van der Waals surface area contributed by atoms with Crippen LogP contribution < -0.4 is 0 Å². The van der Waals surface area contributed by atoms with Crippen LogP contribution in [-0.4, -0.2) is 55.6 Å². The third-order valence-electron chi connectivity index (χ3n) is 1.05. The number of aliphatic hydroxyl groups excluding tert-OH is 2. The minimum Gasteiger partial charge on any atom is -0.394 e. The van der Waals surface area contributed by atoms with Gasteiger partial charge in [0.05, 0.1) is 26.4 Å². The van der Waals surface area contributed by atoms with E-state index in [1.54, 1.807) is 0 Å².